The molecule has 0 aliphatic heterocycles. The van der Waals surface area contributed by atoms with Crippen LogP contribution in [0.4, 0.5) is 5.82 Å². The Balaban J connectivity index is 2.24. The molecule has 2 aromatic rings. The summed E-state index contributed by atoms with van der Waals surface area (Å²) in [5.41, 5.74) is 6.86. The molecule has 0 amide bonds. The third kappa shape index (κ3) is 3.31. The van der Waals surface area contributed by atoms with Gasteiger partial charge in [-0.25, -0.2) is 0 Å². The Kier molecular flexibility index (Phi) is 4.17. The number of halogens is 2. The van der Waals surface area contributed by atoms with Crippen molar-refractivity contribution in [2.75, 3.05) is 5.73 Å². The molecular formula is C14H14Cl2N2O. The van der Waals surface area contributed by atoms with Crippen molar-refractivity contribution in [1.82, 2.24) is 4.98 Å². The van der Waals surface area contributed by atoms with Gasteiger partial charge in [-0.15, -0.1) is 0 Å². The number of nitrogens with zero attached hydrogens (tertiary/aromatic N) is 1. The van der Waals surface area contributed by atoms with Gasteiger partial charge in [0.1, 0.15) is 16.6 Å². The maximum atomic E-state index is 6.01. The van der Waals surface area contributed by atoms with Crippen LogP contribution in [0.5, 0.6) is 11.6 Å². The Morgan fingerprint density at radius 1 is 1.11 bits per heavy atom. The maximum absolute atomic E-state index is 6.01. The monoisotopic (exact) mass is 296 g/mol. The molecule has 5 heteroatoms. The van der Waals surface area contributed by atoms with Gasteiger partial charge in [-0.3, -0.25) is 0 Å². The van der Waals surface area contributed by atoms with Crippen LogP contribution in [-0.4, -0.2) is 4.98 Å². The topological polar surface area (TPSA) is 48.1 Å². The molecule has 2 rings (SSSR count). The van der Waals surface area contributed by atoms with Crippen LogP contribution in [0.2, 0.25) is 10.0 Å². The molecule has 0 spiro atoms. The highest BCUT2D eigenvalue weighted by molar-refractivity contribution is 6.36. The molecule has 0 aliphatic carbocycles. The van der Waals surface area contributed by atoms with E-state index in [2.05, 4.69) is 18.8 Å². The molecule has 3 nitrogen and oxygen atoms in total. The molecule has 0 atom stereocenters. The summed E-state index contributed by atoms with van der Waals surface area (Å²) < 4.78 is 5.60. The van der Waals surface area contributed by atoms with E-state index in [4.69, 9.17) is 33.7 Å². The lowest BCUT2D eigenvalue weighted by Gasteiger charge is -2.10. The van der Waals surface area contributed by atoms with E-state index in [1.54, 1.807) is 0 Å². The average Bonchev–Trinajstić information content (AvgIpc) is 2.36. The third-order valence-corrected chi connectivity index (χ3v) is 3.26. The predicted molar refractivity (Wildman–Crippen MR) is 79.3 cm³/mol. The maximum Gasteiger partial charge on any atom is 0.240 e. The number of benzene rings is 1. The molecule has 0 radical (unpaired) electrons. The van der Waals surface area contributed by atoms with Gasteiger partial charge in [0.05, 0.1) is 5.02 Å². The van der Waals surface area contributed by atoms with Crippen molar-refractivity contribution in [3.8, 4) is 11.6 Å². The molecule has 0 aliphatic rings. The first-order chi connectivity index (χ1) is 8.97. The molecule has 2 N–H and O–H groups in total. The zero-order valence-electron chi connectivity index (χ0n) is 10.7. The van der Waals surface area contributed by atoms with Crippen LogP contribution in [0.15, 0.2) is 30.3 Å². The largest absolute Gasteiger partial charge is 0.437 e. The summed E-state index contributed by atoms with van der Waals surface area (Å²) in [6.45, 7) is 4.27. The van der Waals surface area contributed by atoms with Crippen LogP contribution >= 0.6 is 23.2 Å². The van der Waals surface area contributed by atoms with Crippen LogP contribution in [0.3, 0.4) is 0 Å². The Hall–Kier alpha value is -1.45. The summed E-state index contributed by atoms with van der Waals surface area (Å²) in [4.78, 5) is 4.02. The van der Waals surface area contributed by atoms with E-state index in [0.717, 1.165) is 0 Å². The predicted octanol–water partition coefficient (Wildman–Crippen LogP) is 4.89. The van der Waals surface area contributed by atoms with E-state index in [1.165, 1.54) is 11.6 Å². The smallest absolute Gasteiger partial charge is 0.240 e. The fourth-order valence-corrected chi connectivity index (χ4v) is 1.96. The standard InChI is InChI=1S/C14H14Cl2N2O/c1-8(2)9-3-5-10(6-4-9)19-14-12(16)7-11(15)13(17)18-14/h3-8H,1-2H3,(H2,17,18). The number of hydrogen-bond acceptors (Lipinski definition) is 3. The van der Waals surface area contributed by atoms with E-state index in [-0.39, 0.29) is 11.7 Å². The van der Waals surface area contributed by atoms with Crippen LogP contribution < -0.4 is 10.5 Å². The van der Waals surface area contributed by atoms with E-state index < -0.39 is 0 Å². The quantitative estimate of drug-likeness (QED) is 0.877. The van der Waals surface area contributed by atoms with Gasteiger partial charge < -0.3 is 10.5 Å². The third-order valence-electron chi connectivity index (χ3n) is 2.69. The summed E-state index contributed by atoms with van der Waals surface area (Å²) in [6.07, 6.45) is 0. The highest BCUT2D eigenvalue weighted by atomic mass is 35.5. The molecule has 1 aromatic carbocycles. The normalized spacial score (nSPS) is 10.8. The Bertz CT molecular complexity index is 583. The number of anilines is 1. The fraction of sp³-hybridized carbons (Fsp3) is 0.214. The summed E-state index contributed by atoms with van der Waals surface area (Å²) in [7, 11) is 0. The Morgan fingerprint density at radius 3 is 2.32 bits per heavy atom. The van der Waals surface area contributed by atoms with Crippen molar-refractivity contribution < 1.29 is 4.74 Å². The van der Waals surface area contributed by atoms with E-state index in [9.17, 15) is 0 Å². The highest BCUT2D eigenvalue weighted by Gasteiger charge is 2.09. The number of ether oxygens (including phenoxy) is 1. The van der Waals surface area contributed by atoms with Gasteiger partial charge in [-0.1, -0.05) is 49.2 Å². The fourth-order valence-electron chi connectivity index (χ4n) is 1.57. The molecule has 0 bridgehead atoms. The first kappa shape index (κ1) is 14.0. The summed E-state index contributed by atoms with van der Waals surface area (Å²) in [5.74, 6) is 1.57. The van der Waals surface area contributed by atoms with Crippen LogP contribution in [0.1, 0.15) is 25.3 Å². The molecule has 0 saturated carbocycles. The van der Waals surface area contributed by atoms with Crippen LogP contribution in [-0.2, 0) is 0 Å². The molecular weight excluding hydrogens is 283 g/mol. The number of pyridine rings is 1. The van der Waals surface area contributed by atoms with E-state index >= 15 is 0 Å². The van der Waals surface area contributed by atoms with Gasteiger partial charge in [0.25, 0.3) is 0 Å². The minimum Gasteiger partial charge on any atom is -0.437 e. The van der Waals surface area contributed by atoms with E-state index in [1.807, 2.05) is 24.3 Å². The molecule has 0 unspecified atom stereocenters. The zero-order valence-corrected chi connectivity index (χ0v) is 12.2. The molecule has 1 aromatic heterocycles. The van der Waals surface area contributed by atoms with Crippen molar-refractivity contribution in [3.05, 3.63) is 45.9 Å². The van der Waals surface area contributed by atoms with Gasteiger partial charge >= 0.3 is 0 Å². The lowest BCUT2D eigenvalue weighted by Crippen LogP contribution is -1.96. The van der Waals surface area contributed by atoms with Crippen LogP contribution in [0.25, 0.3) is 0 Å². The minimum atomic E-state index is 0.194. The molecule has 0 saturated heterocycles. The number of nitrogen functional groups attached to an aromatic ring is 1. The molecule has 0 fully saturated rings. The number of nitrogens with two attached hydrogens (primary N) is 1. The van der Waals surface area contributed by atoms with Gasteiger partial charge in [-0.05, 0) is 29.7 Å². The average molecular weight is 297 g/mol. The Morgan fingerprint density at radius 2 is 1.74 bits per heavy atom. The lowest BCUT2D eigenvalue weighted by atomic mass is 10.0. The second-order valence-corrected chi connectivity index (χ2v) is 5.28. The summed E-state index contributed by atoms with van der Waals surface area (Å²) >= 11 is 11.8. The molecule has 1 heterocycles. The summed E-state index contributed by atoms with van der Waals surface area (Å²) in [6, 6.07) is 9.28. The summed E-state index contributed by atoms with van der Waals surface area (Å²) in [5, 5.41) is 0.639. The molecule has 19 heavy (non-hydrogen) atoms. The van der Waals surface area contributed by atoms with Crippen molar-refractivity contribution in [2.45, 2.75) is 19.8 Å². The number of hydrogen-bond donors (Lipinski definition) is 1. The highest BCUT2D eigenvalue weighted by Crippen LogP contribution is 2.32. The zero-order chi connectivity index (χ0) is 14.0. The van der Waals surface area contributed by atoms with Crippen molar-refractivity contribution in [2.24, 2.45) is 0 Å². The number of rotatable bonds is 3. The van der Waals surface area contributed by atoms with Crippen molar-refractivity contribution in [3.63, 3.8) is 0 Å². The van der Waals surface area contributed by atoms with Gasteiger partial charge in [0.2, 0.25) is 5.88 Å². The second kappa shape index (κ2) is 5.68. The first-order valence-electron chi connectivity index (χ1n) is 5.86. The lowest BCUT2D eigenvalue weighted by molar-refractivity contribution is 0.464. The first-order valence-corrected chi connectivity index (χ1v) is 6.62. The van der Waals surface area contributed by atoms with Gasteiger partial charge in [0, 0.05) is 0 Å². The van der Waals surface area contributed by atoms with Crippen molar-refractivity contribution in [1.29, 1.82) is 0 Å². The molecule has 100 valence electrons. The second-order valence-electron chi connectivity index (χ2n) is 4.47. The van der Waals surface area contributed by atoms with Gasteiger partial charge in [0.15, 0.2) is 0 Å². The number of aromatic nitrogens is 1. The van der Waals surface area contributed by atoms with Gasteiger partial charge in [-0.2, -0.15) is 4.98 Å². The van der Waals surface area contributed by atoms with Crippen LogP contribution in [0, 0.1) is 0 Å². The van der Waals surface area contributed by atoms with Crippen molar-refractivity contribution >= 4 is 29.0 Å². The minimum absolute atomic E-state index is 0.194. The van der Waals surface area contributed by atoms with E-state index in [0.29, 0.717) is 21.7 Å². The Labute approximate surface area is 122 Å². The SMILES string of the molecule is CC(C)c1ccc(Oc2nc(N)c(Cl)cc2Cl)cc1.